The number of benzene rings is 2. The molecule has 13 heteroatoms. The summed E-state index contributed by atoms with van der Waals surface area (Å²) in [4.78, 5) is 18.5. The molecule has 0 spiro atoms. The third-order valence-electron chi connectivity index (χ3n) is 6.53. The first kappa shape index (κ1) is 27.6. The lowest BCUT2D eigenvalue weighted by atomic mass is 9.95. The molecule has 0 N–H and O–H groups in total. The number of hydrogen-bond acceptors (Lipinski definition) is 4. The van der Waals surface area contributed by atoms with Crippen LogP contribution in [0.15, 0.2) is 55.1 Å². The van der Waals surface area contributed by atoms with E-state index >= 15 is 0 Å². The minimum Gasteiger partial charge on any atom is -0.368 e. The average molecular weight is 544 g/mol. The van der Waals surface area contributed by atoms with Crippen molar-refractivity contribution in [3.8, 4) is 0 Å². The molecule has 1 aliphatic heterocycles. The average Bonchev–Trinajstić information content (AvgIpc) is 3.53. The second-order valence-electron chi connectivity index (χ2n) is 9.11. The Balaban J connectivity index is 1.63. The summed E-state index contributed by atoms with van der Waals surface area (Å²) in [5, 5.41) is 3.96. The lowest BCUT2D eigenvalue weighted by molar-refractivity contribution is -0.143. The van der Waals surface area contributed by atoms with Crippen LogP contribution in [-0.2, 0) is 21.9 Å². The number of hydrogen-bond donors (Lipinski definition) is 0. The molecule has 38 heavy (non-hydrogen) atoms. The smallest absolute Gasteiger partial charge is 0.368 e. The van der Waals surface area contributed by atoms with E-state index in [1.165, 1.54) is 53.4 Å². The van der Waals surface area contributed by atoms with Crippen molar-refractivity contribution in [2.45, 2.75) is 50.4 Å². The maximum atomic E-state index is 13.5. The van der Waals surface area contributed by atoms with Gasteiger partial charge >= 0.3 is 12.4 Å². The molecule has 1 aromatic heterocycles. The fourth-order valence-electron chi connectivity index (χ4n) is 4.47. The van der Waals surface area contributed by atoms with E-state index in [2.05, 4.69) is 10.1 Å². The Morgan fingerprint density at radius 1 is 0.974 bits per heavy atom. The van der Waals surface area contributed by atoms with Crippen molar-refractivity contribution >= 4 is 5.91 Å². The third kappa shape index (κ3) is 5.98. The van der Waals surface area contributed by atoms with Gasteiger partial charge in [-0.05, 0) is 55.3 Å². The normalized spacial score (nSPS) is 20.0. The predicted octanol–water partition coefficient (Wildman–Crippen LogP) is 5.79. The Morgan fingerprint density at radius 3 is 2.11 bits per heavy atom. The van der Waals surface area contributed by atoms with E-state index in [0.717, 1.165) is 0 Å². The Kier molecular flexibility index (Phi) is 7.51. The summed E-state index contributed by atoms with van der Waals surface area (Å²) in [6.07, 6.45) is -9.34. The molecule has 0 saturated carbocycles. The molecular formula is C25H23F7N4O2. The number of aromatic nitrogens is 3. The minimum atomic E-state index is -5.00. The van der Waals surface area contributed by atoms with Crippen LogP contribution in [0.3, 0.4) is 0 Å². The van der Waals surface area contributed by atoms with Gasteiger partial charge in [0.05, 0.1) is 23.3 Å². The Bertz CT molecular complexity index is 1230. The van der Waals surface area contributed by atoms with Crippen LogP contribution in [0.1, 0.15) is 54.2 Å². The van der Waals surface area contributed by atoms with Gasteiger partial charge in [0.2, 0.25) is 5.91 Å². The second kappa shape index (κ2) is 10.4. The molecule has 3 aromatic rings. The molecule has 4 atom stereocenters. The molecular weight excluding hydrogens is 521 g/mol. The van der Waals surface area contributed by atoms with Gasteiger partial charge < -0.3 is 9.64 Å². The van der Waals surface area contributed by atoms with E-state index in [-0.39, 0.29) is 30.6 Å². The van der Waals surface area contributed by atoms with E-state index in [0.29, 0.717) is 17.7 Å². The van der Waals surface area contributed by atoms with Gasteiger partial charge in [-0.2, -0.15) is 31.4 Å². The number of rotatable bonds is 6. The van der Waals surface area contributed by atoms with Crippen LogP contribution in [-0.4, -0.2) is 44.8 Å². The fourth-order valence-corrected chi connectivity index (χ4v) is 4.47. The highest BCUT2D eigenvalue weighted by Gasteiger charge is 2.41. The van der Waals surface area contributed by atoms with Gasteiger partial charge in [-0.1, -0.05) is 12.1 Å². The van der Waals surface area contributed by atoms with Gasteiger partial charge in [-0.15, -0.1) is 0 Å². The second-order valence-corrected chi connectivity index (χ2v) is 9.11. The van der Waals surface area contributed by atoms with Gasteiger partial charge in [0.15, 0.2) is 0 Å². The minimum absolute atomic E-state index is 0.00927. The molecule has 4 rings (SSSR count). The third-order valence-corrected chi connectivity index (χ3v) is 6.53. The van der Waals surface area contributed by atoms with Gasteiger partial charge in [0.1, 0.15) is 24.5 Å². The van der Waals surface area contributed by atoms with E-state index in [1.54, 1.807) is 6.92 Å². The summed E-state index contributed by atoms with van der Waals surface area (Å²) in [6, 6.07) is 6.03. The van der Waals surface area contributed by atoms with E-state index in [9.17, 15) is 35.5 Å². The first-order valence-electron chi connectivity index (χ1n) is 11.6. The Hall–Kier alpha value is -3.48. The molecule has 1 aliphatic rings. The van der Waals surface area contributed by atoms with Crippen LogP contribution < -0.4 is 0 Å². The van der Waals surface area contributed by atoms with E-state index in [1.807, 2.05) is 0 Å². The number of likely N-dealkylation sites (tertiary alicyclic amines) is 1. The van der Waals surface area contributed by atoms with Gasteiger partial charge in [0, 0.05) is 19.0 Å². The summed E-state index contributed by atoms with van der Waals surface area (Å²) in [7, 11) is 0. The highest BCUT2D eigenvalue weighted by Crippen LogP contribution is 2.39. The van der Waals surface area contributed by atoms with E-state index < -0.39 is 53.5 Å². The number of carbonyl (C=O) groups is 1. The molecule has 4 unspecified atom stereocenters. The van der Waals surface area contributed by atoms with Crippen molar-refractivity contribution in [3.63, 3.8) is 0 Å². The van der Waals surface area contributed by atoms with Crippen LogP contribution in [0.5, 0.6) is 0 Å². The number of carbonyl (C=O) groups excluding carboxylic acids is 1. The lowest BCUT2D eigenvalue weighted by Crippen LogP contribution is -2.35. The number of nitrogens with zero attached hydrogens (tertiary/aromatic N) is 4. The standard InChI is InChI=1S/C25H23F7N4O2/c1-14(36-13-33-12-34-36)23(37)35-10-21(16-3-5-20(26)6-4-16)22(11-35)38-15(2)17-7-18(24(27,28)29)9-19(8-17)25(30,31)32/h3-9,12-15,21-22H,10-11H2,1-2H3. The summed E-state index contributed by atoms with van der Waals surface area (Å²) in [6.45, 7) is 3.11. The van der Waals surface area contributed by atoms with Crippen LogP contribution in [0.2, 0.25) is 0 Å². The number of halogens is 7. The highest BCUT2D eigenvalue weighted by atomic mass is 19.4. The Morgan fingerprint density at radius 2 is 1.58 bits per heavy atom. The molecule has 1 saturated heterocycles. The summed E-state index contributed by atoms with van der Waals surface area (Å²) in [5.41, 5.74) is -2.60. The molecule has 2 aromatic carbocycles. The topological polar surface area (TPSA) is 60.2 Å². The van der Waals surface area contributed by atoms with Crippen molar-refractivity contribution in [1.82, 2.24) is 19.7 Å². The molecule has 1 fully saturated rings. The quantitative estimate of drug-likeness (QED) is 0.369. The SMILES string of the molecule is CC(OC1CN(C(=O)C(C)n2cncn2)CC1c1ccc(F)cc1)c1cc(C(F)(F)F)cc(C(F)(F)F)c1. The summed E-state index contributed by atoms with van der Waals surface area (Å²) in [5.74, 6) is -1.34. The predicted molar refractivity (Wildman–Crippen MR) is 120 cm³/mol. The van der Waals surface area contributed by atoms with Crippen LogP contribution in [0.4, 0.5) is 30.7 Å². The first-order chi connectivity index (χ1) is 17.7. The molecule has 1 amide bonds. The monoisotopic (exact) mass is 544 g/mol. The number of amides is 1. The maximum Gasteiger partial charge on any atom is 0.416 e. The molecule has 0 bridgehead atoms. The number of ether oxygens (including phenoxy) is 1. The first-order valence-corrected chi connectivity index (χ1v) is 11.6. The van der Waals surface area contributed by atoms with Crippen molar-refractivity contribution in [3.05, 3.63) is 83.2 Å². The molecule has 0 radical (unpaired) electrons. The van der Waals surface area contributed by atoms with Crippen molar-refractivity contribution in [2.24, 2.45) is 0 Å². The largest absolute Gasteiger partial charge is 0.416 e. The van der Waals surface area contributed by atoms with Gasteiger partial charge in [0.25, 0.3) is 0 Å². The zero-order valence-corrected chi connectivity index (χ0v) is 20.2. The zero-order valence-electron chi connectivity index (χ0n) is 20.2. The lowest BCUT2D eigenvalue weighted by Gasteiger charge is -2.25. The van der Waals surface area contributed by atoms with Crippen LogP contribution >= 0.6 is 0 Å². The fraction of sp³-hybridized carbons (Fsp3) is 0.400. The van der Waals surface area contributed by atoms with E-state index in [4.69, 9.17) is 4.74 Å². The zero-order chi connectivity index (χ0) is 27.8. The highest BCUT2D eigenvalue weighted by molar-refractivity contribution is 5.80. The van der Waals surface area contributed by atoms with Crippen molar-refractivity contribution in [2.75, 3.05) is 13.1 Å². The van der Waals surface area contributed by atoms with Gasteiger partial charge in [-0.3, -0.25) is 4.79 Å². The molecule has 204 valence electrons. The summed E-state index contributed by atoms with van der Waals surface area (Å²) >= 11 is 0. The van der Waals surface area contributed by atoms with Crippen molar-refractivity contribution in [1.29, 1.82) is 0 Å². The molecule has 0 aliphatic carbocycles. The van der Waals surface area contributed by atoms with Crippen molar-refractivity contribution < 1.29 is 40.3 Å². The van der Waals surface area contributed by atoms with Crippen LogP contribution in [0.25, 0.3) is 0 Å². The Labute approximate surface area is 213 Å². The van der Waals surface area contributed by atoms with Gasteiger partial charge in [-0.25, -0.2) is 14.1 Å². The molecule has 2 heterocycles. The molecule has 6 nitrogen and oxygen atoms in total. The summed E-state index contributed by atoms with van der Waals surface area (Å²) < 4.78 is 101. The number of alkyl halides is 6. The van der Waals surface area contributed by atoms with Crippen LogP contribution in [0, 0.1) is 5.82 Å². The maximum absolute atomic E-state index is 13.5.